The summed E-state index contributed by atoms with van der Waals surface area (Å²) >= 11 is 0. The first-order valence-electron chi connectivity index (χ1n) is 5.69. The Kier molecular flexibility index (Phi) is 5.25. The predicted molar refractivity (Wildman–Crippen MR) is 62.9 cm³/mol. The van der Waals surface area contributed by atoms with Crippen LogP contribution in [-0.2, 0) is 11.3 Å². The third-order valence-electron chi connectivity index (χ3n) is 2.38. The van der Waals surface area contributed by atoms with Crippen LogP contribution in [0.5, 0.6) is 0 Å². The van der Waals surface area contributed by atoms with Gasteiger partial charge in [-0.3, -0.25) is 14.3 Å². The SMILES string of the molecule is CCN(CCC(=O)O)C(=O)c1cn(CCN)nn1. The van der Waals surface area contributed by atoms with Gasteiger partial charge in [-0.2, -0.15) is 0 Å². The molecule has 18 heavy (non-hydrogen) atoms. The maximum atomic E-state index is 12.0. The van der Waals surface area contributed by atoms with Crippen molar-refractivity contribution < 1.29 is 14.7 Å². The van der Waals surface area contributed by atoms with Crippen LogP contribution < -0.4 is 5.73 Å². The monoisotopic (exact) mass is 255 g/mol. The van der Waals surface area contributed by atoms with Gasteiger partial charge < -0.3 is 15.7 Å². The first kappa shape index (κ1) is 14.1. The molecule has 1 amide bonds. The number of amides is 1. The van der Waals surface area contributed by atoms with E-state index in [2.05, 4.69) is 10.3 Å². The van der Waals surface area contributed by atoms with Crippen molar-refractivity contribution in [3.63, 3.8) is 0 Å². The summed E-state index contributed by atoms with van der Waals surface area (Å²) < 4.78 is 1.48. The molecule has 0 fully saturated rings. The maximum absolute atomic E-state index is 12.0. The zero-order valence-electron chi connectivity index (χ0n) is 10.2. The second-order valence-electron chi connectivity index (χ2n) is 3.68. The van der Waals surface area contributed by atoms with Crippen molar-refractivity contribution >= 4 is 11.9 Å². The molecule has 1 aromatic heterocycles. The molecule has 0 radical (unpaired) electrons. The van der Waals surface area contributed by atoms with Crippen LogP contribution >= 0.6 is 0 Å². The first-order valence-corrected chi connectivity index (χ1v) is 5.69. The van der Waals surface area contributed by atoms with Gasteiger partial charge in [0.25, 0.3) is 5.91 Å². The molecule has 0 saturated carbocycles. The van der Waals surface area contributed by atoms with Crippen molar-refractivity contribution in [1.29, 1.82) is 0 Å². The van der Waals surface area contributed by atoms with E-state index in [1.165, 1.54) is 15.8 Å². The zero-order chi connectivity index (χ0) is 13.5. The largest absolute Gasteiger partial charge is 0.481 e. The van der Waals surface area contributed by atoms with E-state index in [1.807, 2.05) is 0 Å². The summed E-state index contributed by atoms with van der Waals surface area (Å²) in [5.41, 5.74) is 5.57. The molecule has 100 valence electrons. The molecule has 0 atom stereocenters. The van der Waals surface area contributed by atoms with Gasteiger partial charge in [0.1, 0.15) is 0 Å². The number of rotatable bonds is 7. The smallest absolute Gasteiger partial charge is 0.305 e. The Morgan fingerprint density at radius 1 is 1.56 bits per heavy atom. The molecule has 0 saturated heterocycles. The van der Waals surface area contributed by atoms with Gasteiger partial charge in [0.15, 0.2) is 5.69 Å². The van der Waals surface area contributed by atoms with Crippen molar-refractivity contribution in [1.82, 2.24) is 19.9 Å². The zero-order valence-corrected chi connectivity index (χ0v) is 10.2. The van der Waals surface area contributed by atoms with Gasteiger partial charge in [-0.1, -0.05) is 5.21 Å². The average molecular weight is 255 g/mol. The summed E-state index contributed by atoms with van der Waals surface area (Å²) in [5, 5.41) is 16.1. The molecule has 1 heterocycles. The minimum Gasteiger partial charge on any atom is -0.481 e. The van der Waals surface area contributed by atoms with E-state index in [0.29, 0.717) is 19.6 Å². The molecule has 3 N–H and O–H groups in total. The van der Waals surface area contributed by atoms with Crippen LogP contribution in [0.15, 0.2) is 6.20 Å². The van der Waals surface area contributed by atoms with Gasteiger partial charge in [-0.15, -0.1) is 5.10 Å². The van der Waals surface area contributed by atoms with Crippen LogP contribution in [-0.4, -0.2) is 56.5 Å². The van der Waals surface area contributed by atoms with Gasteiger partial charge in [0.05, 0.1) is 19.2 Å². The highest BCUT2D eigenvalue weighted by Crippen LogP contribution is 2.02. The second-order valence-corrected chi connectivity index (χ2v) is 3.68. The average Bonchev–Trinajstić information content (AvgIpc) is 2.78. The Balaban J connectivity index is 2.66. The maximum Gasteiger partial charge on any atom is 0.305 e. The quantitative estimate of drug-likeness (QED) is 0.657. The Bertz CT molecular complexity index is 417. The standard InChI is InChI=1S/C10H17N5O3/c1-2-14(5-3-9(16)17)10(18)8-7-15(6-4-11)13-12-8/h7H,2-6,11H2,1H3,(H,16,17). The van der Waals surface area contributed by atoms with E-state index in [0.717, 1.165) is 0 Å². The van der Waals surface area contributed by atoms with E-state index < -0.39 is 5.97 Å². The molecule has 0 aliphatic carbocycles. The second kappa shape index (κ2) is 6.70. The van der Waals surface area contributed by atoms with Crippen molar-refractivity contribution in [2.75, 3.05) is 19.6 Å². The summed E-state index contributed by atoms with van der Waals surface area (Å²) in [6.07, 6.45) is 1.43. The van der Waals surface area contributed by atoms with Crippen LogP contribution in [0.2, 0.25) is 0 Å². The van der Waals surface area contributed by atoms with E-state index in [4.69, 9.17) is 10.8 Å². The molecular weight excluding hydrogens is 238 g/mol. The fourth-order valence-electron chi connectivity index (χ4n) is 1.43. The number of hydrogen-bond acceptors (Lipinski definition) is 5. The lowest BCUT2D eigenvalue weighted by Gasteiger charge is -2.18. The minimum atomic E-state index is -0.937. The number of aliphatic carboxylic acids is 1. The number of carboxylic acid groups (broad SMARTS) is 1. The minimum absolute atomic E-state index is 0.0868. The van der Waals surface area contributed by atoms with E-state index in [-0.39, 0.29) is 24.6 Å². The molecule has 0 bridgehead atoms. The third kappa shape index (κ3) is 3.81. The molecule has 8 heteroatoms. The number of hydrogen-bond donors (Lipinski definition) is 2. The van der Waals surface area contributed by atoms with E-state index in [1.54, 1.807) is 6.92 Å². The van der Waals surface area contributed by atoms with E-state index >= 15 is 0 Å². The Morgan fingerprint density at radius 2 is 2.28 bits per heavy atom. The molecule has 1 aromatic rings. The predicted octanol–water partition coefficient (Wildman–Crippen LogP) is -0.826. The molecule has 0 aromatic carbocycles. The van der Waals surface area contributed by atoms with Gasteiger partial charge in [0.2, 0.25) is 0 Å². The number of aromatic nitrogens is 3. The summed E-state index contributed by atoms with van der Waals surface area (Å²) in [6.45, 7) is 3.27. The molecule has 0 spiro atoms. The van der Waals surface area contributed by atoms with Crippen molar-refractivity contribution in [3.8, 4) is 0 Å². The van der Waals surface area contributed by atoms with Gasteiger partial charge >= 0.3 is 5.97 Å². The highest BCUT2D eigenvalue weighted by molar-refractivity contribution is 5.92. The number of nitrogens with zero attached hydrogens (tertiary/aromatic N) is 4. The van der Waals surface area contributed by atoms with Crippen LogP contribution in [0.25, 0.3) is 0 Å². The molecule has 0 aliphatic heterocycles. The number of carboxylic acids is 1. The summed E-state index contributed by atoms with van der Waals surface area (Å²) in [7, 11) is 0. The molecule has 1 rings (SSSR count). The summed E-state index contributed by atoms with van der Waals surface area (Å²) in [6, 6.07) is 0. The topological polar surface area (TPSA) is 114 Å². The Morgan fingerprint density at radius 3 is 2.83 bits per heavy atom. The van der Waals surface area contributed by atoms with E-state index in [9.17, 15) is 9.59 Å². The number of nitrogens with two attached hydrogens (primary N) is 1. The van der Waals surface area contributed by atoms with Crippen LogP contribution in [0.1, 0.15) is 23.8 Å². The van der Waals surface area contributed by atoms with Gasteiger partial charge in [-0.05, 0) is 6.92 Å². The van der Waals surface area contributed by atoms with Crippen molar-refractivity contribution in [3.05, 3.63) is 11.9 Å². The number of carbonyl (C=O) groups is 2. The molecule has 0 aliphatic rings. The molecule has 8 nitrogen and oxygen atoms in total. The number of carbonyl (C=O) groups excluding carboxylic acids is 1. The Labute approximate surface area is 104 Å². The van der Waals surface area contributed by atoms with Crippen molar-refractivity contribution in [2.45, 2.75) is 19.9 Å². The van der Waals surface area contributed by atoms with Gasteiger partial charge in [-0.25, -0.2) is 0 Å². The summed E-state index contributed by atoms with van der Waals surface area (Å²) in [4.78, 5) is 23.9. The highest BCUT2D eigenvalue weighted by Gasteiger charge is 2.18. The first-order chi connectivity index (χ1) is 8.58. The third-order valence-corrected chi connectivity index (χ3v) is 2.38. The lowest BCUT2D eigenvalue weighted by Crippen LogP contribution is -2.33. The Hall–Kier alpha value is -1.96. The molecule has 0 unspecified atom stereocenters. The van der Waals surface area contributed by atoms with Crippen LogP contribution in [0.3, 0.4) is 0 Å². The normalized spacial score (nSPS) is 10.3. The lowest BCUT2D eigenvalue weighted by molar-refractivity contribution is -0.137. The van der Waals surface area contributed by atoms with Crippen LogP contribution in [0, 0.1) is 0 Å². The summed E-state index contributed by atoms with van der Waals surface area (Å²) in [5.74, 6) is -1.25. The van der Waals surface area contributed by atoms with Crippen LogP contribution in [0.4, 0.5) is 0 Å². The molecular formula is C10H17N5O3. The van der Waals surface area contributed by atoms with Gasteiger partial charge in [0, 0.05) is 19.6 Å². The van der Waals surface area contributed by atoms with Crippen molar-refractivity contribution in [2.24, 2.45) is 5.73 Å². The highest BCUT2D eigenvalue weighted by atomic mass is 16.4. The lowest BCUT2D eigenvalue weighted by atomic mass is 10.3. The fourth-order valence-corrected chi connectivity index (χ4v) is 1.43. The fraction of sp³-hybridized carbons (Fsp3) is 0.600.